The number of benzene rings is 2. The second-order valence-corrected chi connectivity index (χ2v) is 7.30. The van der Waals surface area contributed by atoms with Crippen molar-refractivity contribution in [2.45, 2.75) is 18.9 Å². The summed E-state index contributed by atoms with van der Waals surface area (Å²) < 4.78 is 0. The maximum atomic E-state index is 13.2. The van der Waals surface area contributed by atoms with Crippen LogP contribution in [0.3, 0.4) is 0 Å². The summed E-state index contributed by atoms with van der Waals surface area (Å²) in [5.74, 6) is 0.189. The number of halogens is 1. The quantitative estimate of drug-likeness (QED) is 0.879. The largest absolute Gasteiger partial charge is 0.337 e. The van der Waals surface area contributed by atoms with E-state index in [0.717, 1.165) is 63.2 Å². The minimum absolute atomic E-state index is 0. The van der Waals surface area contributed by atoms with Crippen molar-refractivity contribution >= 4 is 18.3 Å². The lowest BCUT2D eigenvalue weighted by atomic mass is 9.99. The van der Waals surface area contributed by atoms with E-state index in [1.54, 1.807) is 0 Å². The van der Waals surface area contributed by atoms with Gasteiger partial charge in [-0.25, -0.2) is 0 Å². The van der Waals surface area contributed by atoms with Gasteiger partial charge in [0.05, 0.1) is 0 Å². The highest BCUT2D eigenvalue weighted by Gasteiger charge is 2.31. The highest BCUT2D eigenvalue weighted by atomic mass is 35.5. The highest BCUT2D eigenvalue weighted by Crippen LogP contribution is 2.21. The molecule has 2 aromatic rings. The molecule has 1 atom stereocenters. The Morgan fingerprint density at radius 2 is 1.67 bits per heavy atom. The monoisotopic (exact) mass is 385 g/mol. The Morgan fingerprint density at radius 3 is 2.44 bits per heavy atom. The van der Waals surface area contributed by atoms with Crippen LogP contribution in [0.25, 0.3) is 0 Å². The zero-order chi connectivity index (χ0) is 17.8. The number of nitrogens with one attached hydrogen (secondary N) is 1. The van der Waals surface area contributed by atoms with E-state index in [0.29, 0.717) is 6.04 Å². The molecule has 0 spiro atoms. The Hall–Kier alpha value is -1.88. The van der Waals surface area contributed by atoms with E-state index in [9.17, 15) is 4.79 Å². The van der Waals surface area contributed by atoms with Crippen LogP contribution in [0.1, 0.15) is 27.9 Å². The van der Waals surface area contributed by atoms with Crippen LogP contribution < -0.4 is 5.32 Å². The van der Waals surface area contributed by atoms with E-state index in [2.05, 4.69) is 45.4 Å². The van der Waals surface area contributed by atoms with Gasteiger partial charge < -0.3 is 10.2 Å². The fraction of sp³-hybridized carbons (Fsp3) is 0.409. The number of nitrogens with zero attached hydrogens (tertiary/aromatic N) is 2. The van der Waals surface area contributed by atoms with Crippen molar-refractivity contribution in [3.63, 3.8) is 0 Å². The molecule has 2 saturated heterocycles. The second kappa shape index (κ2) is 9.36. The molecule has 5 heteroatoms. The topological polar surface area (TPSA) is 35.6 Å². The highest BCUT2D eigenvalue weighted by molar-refractivity contribution is 5.96. The van der Waals surface area contributed by atoms with Crippen LogP contribution in [0, 0.1) is 0 Å². The molecule has 1 unspecified atom stereocenters. The lowest BCUT2D eigenvalue weighted by molar-refractivity contribution is 0.0772. The Kier molecular flexibility index (Phi) is 6.89. The average molecular weight is 386 g/mol. The van der Waals surface area contributed by atoms with E-state index in [-0.39, 0.29) is 18.3 Å². The zero-order valence-corrected chi connectivity index (χ0v) is 16.5. The Bertz CT molecular complexity index is 746. The van der Waals surface area contributed by atoms with Crippen molar-refractivity contribution in [1.82, 2.24) is 15.1 Å². The summed E-state index contributed by atoms with van der Waals surface area (Å²) >= 11 is 0. The van der Waals surface area contributed by atoms with Crippen molar-refractivity contribution < 1.29 is 4.79 Å². The fourth-order valence-corrected chi connectivity index (χ4v) is 4.14. The van der Waals surface area contributed by atoms with Crippen LogP contribution in [-0.4, -0.2) is 61.0 Å². The van der Waals surface area contributed by atoms with Gasteiger partial charge in [-0.1, -0.05) is 48.5 Å². The number of hydrogen-bond acceptors (Lipinski definition) is 3. The van der Waals surface area contributed by atoms with Crippen molar-refractivity contribution in [3.05, 3.63) is 71.3 Å². The molecule has 0 aromatic heterocycles. The summed E-state index contributed by atoms with van der Waals surface area (Å²) in [6.45, 7) is 6.04. The first kappa shape index (κ1) is 19.9. The number of likely N-dealkylation sites (tertiary alicyclic amines) is 1. The Balaban J connectivity index is 0.00000210. The molecule has 0 bridgehead atoms. The summed E-state index contributed by atoms with van der Waals surface area (Å²) in [6.07, 6.45) is 1.89. The average Bonchev–Trinajstić information content (AvgIpc) is 3.20. The van der Waals surface area contributed by atoms with Crippen LogP contribution >= 0.6 is 12.4 Å². The molecule has 144 valence electrons. The van der Waals surface area contributed by atoms with Gasteiger partial charge >= 0.3 is 0 Å². The summed E-state index contributed by atoms with van der Waals surface area (Å²) in [5.41, 5.74) is 3.22. The van der Waals surface area contributed by atoms with E-state index < -0.39 is 0 Å². The van der Waals surface area contributed by atoms with Gasteiger partial charge in [0.25, 0.3) is 5.91 Å². The molecule has 2 heterocycles. The van der Waals surface area contributed by atoms with E-state index >= 15 is 0 Å². The summed E-state index contributed by atoms with van der Waals surface area (Å²) in [6, 6.07) is 19.0. The molecule has 4 rings (SSSR count). The lowest BCUT2D eigenvalue weighted by Gasteiger charge is -2.32. The van der Waals surface area contributed by atoms with Gasteiger partial charge in [0, 0.05) is 50.9 Å². The van der Waals surface area contributed by atoms with E-state index in [4.69, 9.17) is 0 Å². The predicted octanol–water partition coefficient (Wildman–Crippen LogP) is 2.82. The number of piperazine rings is 1. The lowest BCUT2D eigenvalue weighted by Crippen LogP contribution is -2.49. The Morgan fingerprint density at radius 1 is 0.963 bits per heavy atom. The molecule has 1 amide bonds. The van der Waals surface area contributed by atoms with Gasteiger partial charge in [0.15, 0.2) is 0 Å². The van der Waals surface area contributed by atoms with Gasteiger partial charge in [-0.3, -0.25) is 9.69 Å². The molecule has 4 nitrogen and oxygen atoms in total. The molecule has 2 fully saturated rings. The summed E-state index contributed by atoms with van der Waals surface area (Å²) in [5, 5.41) is 3.41. The maximum absolute atomic E-state index is 13.2. The molecule has 2 aliphatic heterocycles. The number of carbonyl (C=O) groups is 1. The normalized spacial score (nSPS) is 20.3. The molecule has 0 saturated carbocycles. The molecule has 2 aromatic carbocycles. The fourth-order valence-electron chi connectivity index (χ4n) is 4.14. The summed E-state index contributed by atoms with van der Waals surface area (Å²) in [7, 11) is 0. The van der Waals surface area contributed by atoms with Gasteiger partial charge in [0.1, 0.15) is 0 Å². The number of carbonyl (C=O) groups excluding carboxylic acids is 1. The third-order valence-electron chi connectivity index (χ3n) is 5.60. The van der Waals surface area contributed by atoms with Crippen molar-refractivity contribution in [2.75, 3.05) is 39.3 Å². The number of hydrogen-bond donors (Lipinski definition) is 1. The van der Waals surface area contributed by atoms with Crippen LogP contribution in [0.2, 0.25) is 0 Å². The molecular formula is C22H28ClN3O. The molecule has 1 N–H and O–H groups in total. The first-order chi connectivity index (χ1) is 12.8. The molecule has 27 heavy (non-hydrogen) atoms. The molecule has 0 aliphatic carbocycles. The number of rotatable bonds is 4. The SMILES string of the molecule is Cl.O=C(c1ccccc1Cc1ccccc1)N1CCC(N2CCNCC2)C1. The van der Waals surface area contributed by atoms with Crippen molar-refractivity contribution in [2.24, 2.45) is 0 Å². The minimum Gasteiger partial charge on any atom is -0.337 e. The molecular weight excluding hydrogens is 358 g/mol. The van der Waals surface area contributed by atoms with Gasteiger partial charge in [-0.15, -0.1) is 12.4 Å². The van der Waals surface area contributed by atoms with Gasteiger partial charge in [-0.05, 0) is 30.0 Å². The molecule has 2 aliphatic rings. The minimum atomic E-state index is 0. The van der Waals surface area contributed by atoms with Gasteiger partial charge in [0.2, 0.25) is 0 Å². The standard InChI is InChI=1S/C22H27N3O.ClH/c26-22(25-13-10-20(17-25)24-14-11-23-12-15-24)21-9-5-4-8-19(21)16-18-6-2-1-3-7-18;/h1-9,20,23H,10-17H2;1H. The van der Waals surface area contributed by atoms with E-state index in [1.165, 1.54) is 5.56 Å². The Labute approximate surface area is 168 Å². The number of amides is 1. The predicted molar refractivity (Wildman–Crippen MR) is 112 cm³/mol. The van der Waals surface area contributed by atoms with Crippen LogP contribution in [0.4, 0.5) is 0 Å². The smallest absolute Gasteiger partial charge is 0.254 e. The van der Waals surface area contributed by atoms with Gasteiger partial charge in [-0.2, -0.15) is 0 Å². The van der Waals surface area contributed by atoms with E-state index in [1.807, 2.05) is 24.3 Å². The second-order valence-electron chi connectivity index (χ2n) is 7.30. The summed E-state index contributed by atoms with van der Waals surface area (Å²) in [4.78, 5) is 17.8. The van der Waals surface area contributed by atoms with Crippen LogP contribution in [-0.2, 0) is 6.42 Å². The van der Waals surface area contributed by atoms with Crippen LogP contribution in [0.15, 0.2) is 54.6 Å². The third-order valence-corrected chi connectivity index (χ3v) is 5.60. The maximum Gasteiger partial charge on any atom is 0.254 e. The first-order valence-electron chi connectivity index (χ1n) is 9.67. The molecule has 0 radical (unpaired) electrons. The van der Waals surface area contributed by atoms with Crippen molar-refractivity contribution in [3.8, 4) is 0 Å². The third kappa shape index (κ3) is 4.70. The zero-order valence-electron chi connectivity index (χ0n) is 15.6. The van der Waals surface area contributed by atoms with Crippen LogP contribution in [0.5, 0.6) is 0 Å². The first-order valence-corrected chi connectivity index (χ1v) is 9.67. The van der Waals surface area contributed by atoms with Crippen molar-refractivity contribution in [1.29, 1.82) is 0 Å².